The van der Waals surface area contributed by atoms with Crippen LogP contribution in [0.4, 0.5) is 0 Å². The molecule has 0 aromatic heterocycles. The Bertz CT molecular complexity index is 1090. The Labute approximate surface area is 186 Å². The van der Waals surface area contributed by atoms with Crippen LogP contribution in [0.1, 0.15) is 47.7 Å². The van der Waals surface area contributed by atoms with Crippen LogP contribution in [0.15, 0.2) is 30.3 Å². The van der Waals surface area contributed by atoms with E-state index in [-0.39, 0.29) is 42.5 Å². The van der Waals surface area contributed by atoms with Gasteiger partial charge in [-0.05, 0) is 57.5 Å². The Hall–Kier alpha value is -3.22. The standard InChI is InChI=1S/C24H28O7/c1-14(2)31-23(26)24(3,4)13-30-20-17(9-10-19(27-5)21(20)28-6)15-7-8-18-16(11-15)12-29-22(18)25/h7-11,14H,12-13H2,1-6H3/i5D3. The number of ether oxygens (including phenoxy) is 5. The van der Waals surface area contributed by atoms with E-state index in [0.717, 1.165) is 5.56 Å². The minimum atomic E-state index is -2.71. The quantitative estimate of drug-likeness (QED) is 0.573. The first-order valence-electron chi connectivity index (χ1n) is 11.4. The van der Waals surface area contributed by atoms with Crippen LogP contribution in [0.5, 0.6) is 17.2 Å². The molecule has 0 unspecified atom stereocenters. The normalized spacial score (nSPS) is 14.8. The van der Waals surface area contributed by atoms with Crippen molar-refractivity contribution in [2.45, 2.75) is 40.4 Å². The van der Waals surface area contributed by atoms with Crippen LogP contribution < -0.4 is 14.2 Å². The Kier molecular flexibility index (Phi) is 5.31. The summed E-state index contributed by atoms with van der Waals surface area (Å²) in [5.41, 5.74) is 1.44. The van der Waals surface area contributed by atoms with E-state index in [9.17, 15) is 9.59 Å². The molecule has 31 heavy (non-hydrogen) atoms. The first-order valence-corrected chi connectivity index (χ1v) is 9.86. The fourth-order valence-corrected chi connectivity index (χ4v) is 3.17. The summed E-state index contributed by atoms with van der Waals surface area (Å²) in [5.74, 6) is -0.605. The van der Waals surface area contributed by atoms with Crippen LogP contribution >= 0.6 is 0 Å². The van der Waals surface area contributed by atoms with Gasteiger partial charge in [-0.3, -0.25) is 4.79 Å². The third-order valence-corrected chi connectivity index (χ3v) is 4.86. The Morgan fingerprint density at radius 1 is 1.16 bits per heavy atom. The molecule has 0 saturated heterocycles. The van der Waals surface area contributed by atoms with Gasteiger partial charge in [0.25, 0.3) is 0 Å². The lowest BCUT2D eigenvalue weighted by Crippen LogP contribution is -2.34. The summed E-state index contributed by atoms with van der Waals surface area (Å²) in [5, 5.41) is 0. The molecule has 3 rings (SSSR count). The molecule has 0 fully saturated rings. The van der Waals surface area contributed by atoms with Crippen molar-refractivity contribution in [3.63, 3.8) is 0 Å². The van der Waals surface area contributed by atoms with Crippen molar-refractivity contribution in [2.75, 3.05) is 20.8 Å². The number of carbonyl (C=O) groups is 2. The molecule has 0 atom stereocenters. The summed E-state index contributed by atoms with van der Waals surface area (Å²) in [4.78, 5) is 24.4. The third-order valence-electron chi connectivity index (χ3n) is 4.86. The van der Waals surface area contributed by atoms with Crippen LogP contribution in [-0.2, 0) is 20.9 Å². The molecule has 2 aromatic carbocycles. The average Bonchev–Trinajstić information content (AvgIpc) is 3.10. The number of fused-ring (bicyclic) bond motifs is 1. The highest BCUT2D eigenvalue weighted by molar-refractivity contribution is 5.94. The molecular formula is C24H28O7. The van der Waals surface area contributed by atoms with Gasteiger partial charge in [0.2, 0.25) is 5.75 Å². The van der Waals surface area contributed by atoms with Crippen LogP contribution in [-0.4, -0.2) is 38.8 Å². The predicted molar refractivity (Wildman–Crippen MR) is 115 cm³/mol. The zero-order valence-electron chi connectivity index (χ0n) is 21.2. The predicted octanol–water partition coefficient (Wildman–Crippen LogP) is 4.40. The zero-order valence-corrected chi connectivity index (χ0v) is 18.2. The van der Waals surface area contributed by atoms with E-state index in [0.29, 0.717) is 16.7 Å². The van der Waals surface area contributed by atoms with Gasteiger partial charge >= 0.3 is 11.9 Å². The average molecular weight is 431 g/mol. The van der Waals surface area contributed by atoms with E-state index in [4.69, 9.17) is 27.8 Å². The first kappa shape index (κ1) is 18.5. The van der Waals surface area contributed by atoms with Crippen LogP contribution in [0, 0.1) is 5.41 Å². The summed E-state index contributed by atoms with van der Waals surface area (Å²) in [7, 11) is -1.34. The van der Waals surface area contributed by atoms with Gasteiger partial charge in [-0.15, -0.1) is 0 Å². The number of cyclic esters (lactones) is 1. The van der Waals surface area contributed by atoms with E-state index in [2.05, 4.69) is 0 Å². The molecule has 0 spiro atoms. The summed E-state index contributed by atoms with van der Waals surface area (Å²) in [6, 6.07) is 8.30. The molecule has 0 amide bonds. The number of methoxy groups -OCH3 is 2. The van der Waals surface area contributed by atoms with Gasteiger partial charge < -0.3 is 23.7 Å². The van der Waals surface area contributed by atoms with Gasteiger partial charge in [0.15, 0.2) is 11.5 Å². The molecule has 2 aromatic rings. The van der Waals surface area contributed by atoms with Crippen molar-refractivity contribution in [2.24, 2.45) is 5.41 Å². The van der Waals surface area contributed by atoms with Gasteiger partial charge in [0.05, 0.1) is 35.3 Å². The van der Waals surface area contributed by atoms with Gasteiger partial charge in [0.1, 0.15) is 13.2 Å². The summed E-state index contributed by atoms with van der Waals surface area (Å²) in [6.07, 6.45) is -0.288. The monoisotopic (exact) mass is 431 g/mol. The highest BCUT2D eigenvalue weighted by Crippen LogP contribution is 2.45. The number of benzene rings is 2. The van der Waals surface area contributed by atoms with E-state index in [1.807, 2.05) is 0 Å². The number of esters is 2. The number of hydrogen-bond donors (Lipinski definition) is 0. The van der Waals surface area contributed by atoms with Gasteiger partial charge in [-0.25, -0.2) is 4.79 Å². The minimum Gasteiger partial charge on any atom is -0.493 e. The highest BCUT2D eigenvalue weighted by atomic mass is 16.6. The third kappa shape index (κ3) is 4.60. The molecule has 0 bridgehead atoms. The second-order valence-corrected chi connectivity index (χ2v) is 8.15. The molecule has 1 aliphatic heterocycles. The molecule has 7 heteroatoms. The van der Waals surface area contributed by atoms with E-state index in [1.165, 1.54) is 13.2 Å². The molecule has 0 aliphatic carbocycles. The second-order valence-electron chi connectivity index (χ2n) is 8.15. The minimum absolute atomic E-state index is 0.0384. The maximum atomic E-state index is 12.5. The number of carbonyl (C=O) groups excluding carboxylic acids is 2. The van der Waals surface area contributed by atoms with Crippen molar-refractivity contribution >= 4 is 11.9 Å². The lowest BCUT2D eigenvalue weighted by molar-refractivity contribution is -0.159. The smallest absolute Gasteiger partial charge is 0.338 e. The summed E-state index contributed by atoms with van der Waals surface area (Å²) >= 11 is 0. The SMILES string of the molecule is [2H]C([2H])([2H])Oc1ccc(-c2ccc3c(c2)COC3=O)c(OCC(C)(C)C(=O)OC(C)C)c1OC. The summed E-state index contributed by atoms with van der Waals surface area (Å²) < 4.78 is 49.5. The van der Waals surface area contributed by atoms with Crippen molar-refractivity contribution < 1.29 is 37.4 Å². The van der Waals surface area contributed by atoms with E-state index < -0.39 is 18.4 Å². The second kappa shape index (κ2) is 8.88. The fraction of sp³-hybridized carbons (Fsp3) is 0.417. The van der Waals surface area contributed by atoms with E-state index in [1.54, 1.807) is 52.0 Å². The van der Waals surface area contributed by atoms with E-state index >= 15 is 0 Å². The number of rotatable bonds is 8. The molecule has 1 aliphatic rings. The van der Waals surface area contributed by atoms with Crippen molar-refractivity contribution in [3.05, 3.63) is 41.5 Å². The van der Waals surface area contributed by atoms with Crippen molar-refractivity contribution in [1.29, 1.82) is 0 Å². The molecule has 0 saturated carbocycles. The van der Waals surface area contributed by atoms with Gasteiger partial charge in [-0.1, -0.05) is 6.07 Å². The van der Waals surface area contributed by atoms with Gasteiger partial charge in [-0.2, -0.15) is 0 Å². The summed E-state index contributed by atoms with van der Waals surface area (Å²) in [6.45, 7) is 6.97. The lowest BCUT2D eigenvalue weighted by atomic mass is 9.94. The van der Waals surface area contributed by atoms with Crippen LogP contribution in [0.3, 0.4) is 0 Å². The number of hydrogen-bond acceptors (Lipinski definition) is 7. The maximum absolute atomic E-state index is 12.5. The fourth-order valence-electron chi connectivity index (χ4n) is 3.17. The zero-order chi connectivity index (χ0) is 25.3. The largest absolute Gasteiger partial charge is 0.493 e. The molecule has 166 valence electrons. The van der Waals surface area contributed by atoms with Crippen molar-refractivity contribution in [3.8, 4) is 28.4 Å². The molecule has 1 heterocycles. The first-order chi connectivity index (χ1) is 15.8. The van der Waals surface area contributed by atoms with Crippen LogP contribution in [0.2, 0.25) is 0 Å². The molecular weight excluding hydrogens is 400 g/mol. The molecule has 7 nitrogen and oxygen atoms in total. The van der Waals surface area contributed by atoms with Crippen LogP contribution in [0.25, 0.3) is 11.1 Å². The Balaban J connectivity index is 2.06. The van der Waals surface area contributed by atoms with Crippen molar-refractivity contribution in [1.82, 2.24) is 0 Å². The Morgan fingerprint density at radius 2 is 1.90 bits per heavy atom. The topological polar surface area (TPSA) is 80.3 Å². The Morgan fingerprint density at radius 3 is 2.58 bits per heavy atom. The lowest BCUT2D eigenvalue weighted by Gasteiger charge is -2.26. The molecule has 0 radical (unpaired) electrons. The molecule has 0 N–H and O–H groups in total. The highest BCUT2D eigenvalue weighted by Gasteiger charge is 2.32. The maximum Gasteiger partial charge on any atom is 0.338 e. The van der Waals surface area contributed by atoms with Gasteiger partial charge in [0, 0.05) is 11.1 Å².